The first kappa shape index (κ1) is 15.3. The highest BCUT2D eigenvalue weighted by atomic mass is 19.4. The van der Waals surface area contributed by atoms with E-state index in [1.54, 1.807) is 0 Å². The van der Waals surface area contributed by atoms with Crippen molar-refractivity contribution in [1.82, 2.24) is 20.2 Å². The summed E-state index contributed by atoms with van der Waals surface area (Å²) >= 11 is 0. The SMILES string of the molecule is Cn1nnc(C(=O)N2CCCc3cc(OC(F)(F)F)ccc32)n1. The smallest absolute Gasteiger partial charge is 0.406 e. The predicted molar refractivity (Wildman–Crippen MR) is 71.9 cm³/mol. The van der Waals surface area contributed by atoms with E-state index in [1.165, 1.54) is 34.9 Å². The predicted octanol–water partition coefficient (Wildman–Crippen LogP) is 1.70. The van der Waals surface area contributed by atoms with Crippen LogP contribution in [0.4, 0.5) is 18.9 Å². The van der Waals surface area contributed by atoms with Gasteiger partial charge in [0.1, 0.15) is 5.75 Å². The molecule has 0 radical (unpaired) electrons. The number of hydrogen-bond acceptors (Lipinski definition) is 5. The summed E-state index contributed by atoms with van der Waals surface area (Å²) in [5.74, 6) is -0.803. The third-order valence-electron chi connectivity index (χ3n) is 3.35. The number of fused-ring (bicyclic) bond motifs is 1. The molecule has 23 heavy (non-hydrogen) atoms. The van der Waals surface area contributed by atoms with Crippen LogP contribution in [0, 0.1) is 0 Å². The first-order valence-electron chi connectivity index (χ1n) is 6.78. The maximum absolute atomic E-state index is 12.4. The van der Waals surface area contributed by atoms with E-state index in [0.717, 1.165) is 0 Å². The van der Waals surface area contributed by atoms with Crippen molar-refractivity contribution in [2.45, 2.75) is 19.2 Å². The number of nitrogens with zero attached hydrogens (tertiary/aromatic N) is 5. The second-order valence-electron chi connectivity index (χ2n) is 5.00. The van der Waals surface area contributed by atoms with Crippen molar-refractivity contribution in [1.29, 1.82) is 0 Å². The molecule has 1 aromatic carbocycles. The Bertz CT molecular complexity index is 743. The topological polar surface area (TPSA) is 73.1 Å². The quantitative estimate of drug-likeness (QED) is 0.839. The second kappa shape index (κ2) is 5.52. The normalized spacial score (nSPS) is 14.5. The summed E-state index contributed by atoms with van der Waals surface area (Å²) in [6.07, 6.45) is -3.57. The van der Waals surface area contributed by atoms with Crippen molar-refractivity contribution in [3.8, 4) is 5.75 Å². The standard InChI is InChI=1S/C13H12F3N5O2/c1-20-18-11(17-19-20)12(22)21-6-2-3-8-7-9(4-5-10(8)21)23-13(14,15)16/h4-5,7H,2-3,6H2,1H3. The fourth-order valence-corrected chi connectivity index (χ4v) is 2.47. The Labute approximate surface area is 128 Å². The fourth-order valence-electron chi connectivity index (χ4n) is 2.47. The van der Waals surface area contributed by atoms with Gasteiger partial charge in [-0.2, -0.15) is 4.80 Å². The molecule has 1 aromatic heterocycles. The summed E-state index contributed by atoms with van der Waals surface area (Å²) in [6.45, 7) is 0.434. The molecule has 1 amide bonds. The lowest BCUT2D eigenvalue weighted by Crippen LogP contribution is -2.36. The summed E-state index contributed by atoms with van der Waals surface area (Å²) < 4.78 is 40.8. The van der Waals surface area contributed by atoms with Gasteiger partial charge in [0.05, 0.1) is 7.05 Å². The summed E-state index contributed by atoms with van der Waals surface area (Å²) in [5.41, 5.74) is 1.14. The van der Waals surface area contributed by atoms with E-state index in [0.29, 0.717) is 30.6 Å². The molecule has 0 N–H and O–H groups in total. The number of halogens is 3. The van der Waals surface area contributed by atoms with Gasteiger partial charge in [0, 0.05) is 12.2 Å². The van der Waals surface area contributed by atoms with Gasteiger partial charge in [0.25, 0.3) is 11.7 Å². The first-order valence-corrected chi connectivity index (χ1v) is 6.78. The fraction of sp³-hybridized carbons (Fsp3) is 0.385. The van der Waals surface area contributed by atoms with E-state index in [1.807, 2.05) is 0 Å². The maximum atomic E-state index is 12.4. The maximum Gasteiger partial charge on any atom is 0.573 e. The number of carbonyl (C=O) groups excluding carboxylic acids is 1. The Morgan fingerprint density at radius 3 is 2.78 bits per heavy atom. The van der Waals surface area contributed by atoms with Gasteiger partial charge in [-0.05, 0) is 41.8 Å². The van der Waals surface area contributed by atoms with E-state index in [4.69, 9.17) is 0 Å². The van der Waals surface area contributed by atoms with Crippen molar-refractivity contribution >= 4 is 11.6 Å². The molecule has 0 spiro atoms. The first-order chi connectivity index (χ1) is 10.8. The molecule has 122 valence electrons. The average Bonchev–Trinajstić information content (AvgIpc) is 2.90. The number of rotatable bonds is 2. The number of carbonyl (C=O) groups is 1. The molecule has 0 atom stereocenters. The zero-order chi connectivity index (χ0) is 16.6. The van der Waals surface area contributed by atoms with Crippen LogP contribution in [-0.2, 0) is 13.5 Å². The van der Waals surface area contributed by atoms with Crippen LogP contribution in [-0.4, -0.2) is 39.0 Å². The average molecular weight is 327 g/mol. The molecule has 10 heteroatoms. The second-order valence-corrected chi connectivity index (χ2v) is 5.00. The van der Waals surface area contributed by atoms with Crippen molar-refractivity contribution < 1.29 is 22.7 Å². The van der Waals surface area contributed by atoms with Crippen LogP contribution in [0.25, 0.3) is 0 Å². The zero-order valence-electron chi connectivity index (χ0n) is 12.0. The molecular weight excluding hydrogens is 315 g/mol. The minimum absolute atomic E-state index is 0.0593. The Kier molecular flexibility index (Phi) is 3.66. The lowest BCUT2D eigenvalue weighted by Gasteiger charge is -2.28. The van der Waals surface area contributed by atoms with Crippen LogP contribution in [0.3, 0.4) is 0 Å². The molecule has 0 saturated carbocycles. The lowest BCUT2D eigenvalue weighted by molar-refractivity contribution is -0.274. The Morgan fingerprint density at radius 1 is 1.35 bits per heavy atom. The summed E-state index contributed by atoms with van der Waals surface area (Å²) in [6, 6.07) is 3.91. The highest BCUT2D eigenvalue weighted by Gasteiger charge is 2.32. The molecule has 0 aliphatic carbocycles. The van der Waals surface area contributed by atoms with Crippen LogP contribution in [0.15, 0.2) is 18.2 Å². The molecule has 1 aliphatic heterocycles. The third kappa shape index (κ3) is 3.25. The van der Waals surface area contributed by atoms with Crippen molar-refractivity contribution in [2.24, 2.45) is 7.05 Å². The number of aromatic nitrogens is 4. The van der Waals surface area contributed by atoms with Gasteiger partial charge < -0.3 is 9.64 Å². The molecule has 0 bridgehead atoms. The lowest BCUT2D eigenvalue weighted by atomic mass is 10.0. The largest absolute Gasteiger partial charge is 0.573 e. The summed E-state index contributed by atoms with van der Waals surface area (Å²) in [7, 11) is 1.54. The molecule has 0 saturated heterocycles. The third-order valence-corrected chi connectivity index (χ3v) is 3.35. The zero-order valence-corrected chi connectivity index (χ0v) is 12.0. The van der Waals surface area contributed by atoms with Gasteiger partial charge in [-0.15, -0.1) is 23.4 Å². The molecule has 3 rings (SSSR count). The number of amides is 1. The van der Waals surface area contributed by atoms with E-state index < -0.39 is 12.3 Å². The highest BCUT2D eigenvalue weighted by molar-refractivity contribution is 6.04. The summed E-state index contributed by atoms with van der Waals surface area (Å²) in [5, 5.41) is 11.1. The van der Waals surface area contributed by atoms with Gasteiger partial charge in [-0.3, -0.25) is 4.79 Å². The molecule has 2 aromatic rings. The van der Waals surface area contributed by atoms with Crippen LogP contribution in [0.1, 0.15) is 22.6 Å². The van der Waals surface area contributed by atoms with Crippen molar-refractivity contribution in [3.63, 3.8) is 0 Å². The number of aryl methyl sites for hydroxylation is 2. The minimum atomic E-state index is -4.75. The van der Waals surface area contributed by atoms with Crippen LogP contribution >= 0.6 is 0 Å². The van der Waals surface area contributed by atoms with E-state index >= 15 is 0 Å². The molecule has 1 aliphatic rings. The number of benzene rings is 1. The highest BCUT2D eigenvalue weighted by Crippen LogP contribution is 2.33. The Morgan fingerprint density at radius 2 is 2.13 bits per heavy atom. The van der Waals surface area contributed by atoms with Gasteiger partial charge in [0.2, 0.25) is 0 Å². The number of tetrazole rings is 1. The minimum Gasteiger partial charge on any atom is -0.406 e. The van der Waals surface area contributed by atoms with Crippen LogP contribution in [0.2, 0.25) is 0 Å². The van der Waals surface area contributed by atoms with Gasteiger partial charge in [-0.1, -0.05) is 0 Å². The van der Waals surface area contributed by atoms with E-state index in [9.17, 15) is 18.0 Å². The van der Waals surface area contributed by atoms with Crippen LogP contribution < -0.4 is 9.64 Å². The Balaban J connectivity index is 1.89. The van der Waals surface area contributed by atoms with E-state index in [2.05, 4.69) is 20.1 Å². The van der Waals surface area contributed by atoms with Gasteiger partial charge in [0.15, 0.2) is 0 Å². The number of hydrogen-bond donors (Lipinski definition) is 0. The van der Waals surface area contributed by atoms with Gasteiger partial charge in [-0.25, -0.2) is 0 Å². The van der Waals surface area contributed by atoms with Crippen molar-refractivity contribution in [3.05, 3.63) is 29.6 Å². The van der Waals surface area contributed by atoms with E-state index in [-0.39, 0.29) is 11.6 Å². The van der Waals surface area contributed by atoms with Gasteiger partial charge >= 0.3 is 6.36 Å². The monoisotopic (exact) mass is 327 g/mol. The molecule has 7 nitrogen and oxygen atoms in total. The number of alkyl halides is 3. The molecule has 0 unspecified atom stereocenters. The molecule has 0 fully saturated rings. The summed E-state index contributed by atoms with van der Waals surface area (Å²) in [4.78, 5) is 15.0. The Hall–Kier alpha value is -2.65. The number of anilines is 1. The molecular formula is C13H12F3N5O2. The van der Waals surface area contributed by atoms with Crippen molar-refractivity contribution in [2.75, 3.05) is 11.4 Å². The molecule has 2 heterocycles. The number of ether oxygens (including phenoxy) is 1. The van der Waals surface area contributed by atoms with Crippen LogP contribution in [0.5, 0.6) is 5.75 Å².